The second kappa shape index (κ2) is 6.30. The molecule has 0 saturated carbocycles. The van der Waals surface area contributed by atoms with E-state index in [4.69, 9.17) is 4.74 Å². The molecule has 2 heterocycles. The highest BCUT2D eigenvalue weighted by Gasteiger charge is 2.04. The van der Waals surface area contributed by atoms with Gasteiger partial charge >= 0.3 is 0 Å². The Balaban J connectivity index is 1.55. The number of hydrogen-bond acceptors (Lipinski definition) is 5. The summed E-state index contributed by atoms with van der Waals surface area (Å²) in [5.41, 5.74) is 1.25. The van der Waals surface area contributed by atoms with Crippen LogP contribution in [0.3, 0.4) is 0 Å². The van der Waals surface area contributed by atoms with E-state index >= 15 is 0 Å². The molecule has 2 aromatic heterocycles. The van der Waals surface area contributed by atoms with E-state index in [1.54, 1.807) is 24.5 Å². The number of nitrogens with zero attached hydrogens (tertiary/aromatic N) is 3. The summed E-state index contributed by atoms with van der Waals surface area (Å²) in [5, 5.41) is 3.04. The molecule has 0 unspecified atom stereocenters. The number of hydrogen-bond donors (Lipinski definition) is 1. The van der Waals surface area contributed by atoms with E-state index < -0.39 is 11.6 Å². The summed E-state index contributed by atoms with van der Waals surface area (Å²) in [6.07, 6.45) is 3.17. The first-order chi connectivity index (χ1) is 10.7. The van der Waals surface area contributed by atoms with Crippen molar-refractivity contribution in [2.75, 3.05) is 18.5 Å². The summed E-state index contributed by atoms with van der Waals surface area (Å²) in [6, 6.07) is 6.77. The van der Waals surface area contributed by atoms with Crippen molar-refractivity contribution >= 4 is 17.0 Å². The van der Waals surface area contributed by atoms with Crippen LogP contribution in [0.2, 0.25) is 0 Å². The number of benzene rings is 1. The van der Waals surface area contributed by atoms with Gasteiger partial charge in [-0.1, -0.05) is 0 Å². The van der Waals surface area contributed by atoms with Gasteiger partial charge in [0.1, 0.15) is 23.8 Å². The topological polar surface area (TPSA) is 59.9 Å². The van der Waals surface area contributed by atoms with Crippen molar-refractivity contribution in [3.05, 3.63) is 54.4 Å². The van der Waals surface area contributed by atoms with E-state index in [0.29, 0.717) is 23.5 Å². The summed E-state index contributed by atoms with van der Waals surface area (Å²) in [6.45, 7) is 0.623. The molecule has 1 aromatic carbocycles. The van der Waals surface area contributed by atoms with Crippen LogP contribution < -0.4 is 10.1 Å². The largest absolute Gasteiger partial charge is 0.489 e. The third-order valence-corrected chi connectivity index (χ3v) is 2.89. The first kappa shape index (κ1) is 14.1. The Morgan fingerprint density at radius 3 is 2.77 bits per heavy atom. The molecule has 0 amide bonds. The van der Waals surface area contributed by atoms with Crippen molar-refractivity contribution in [1.82, 2.24) is 15.0 Å². The second-order valence-electron chi connectivity index (χ2n) is 4.45. The van der Waals surface area contributed by atoms with Crippen molar-refractivity contribution in [3.63, 3.8) is 0 Å². The molecule has 0 radical (unpaired) electrons. The van der Waals surface area contributed by atoms with Gasteiger partial charge in [0, 0.05) is 18.5 Å². The molecule has 112 valence electrons. The van der Waals surface area contributed by atoms with E-state index in [-0.39, 0.29) is 12.4 Å². The fourth-order valence-electron chi connectivity index (χ4n) is 1.89. The summed E-state index contributed by atoms with van der Waals surface area (Å²) < 4.78 is 31.4. The van der Waals surface area contributed by atoms with Gasteiger partial charge < -0.3 is 10.1 Å². The molecule has 0 spiro atoms. The molecular formula is C15H12F2N4O. The van der Waals surface area contributed by atoms with Crippen LogP contribution in [0, 0.1) is 11.6 Å². The number of aromatic nitrogens is 3. The number of anilines is 1. The normalized spacial score (nSPS) is 10.6. The summed E-state index contributed by atoms with van der Waals surface area (Å²) >= 11 is 0. The number of ether oxygens (including phenoxy) is 1. The quantitative estimate of drug-likeness (QED) is 0.734. The minimum absolute atomic E-state index is 0.0144. The minimum atomic E-state index is -0.723. The average molecular weight is 302 g/mol. The van der Waals surface area contributed by atoms with Gasteiger partial charge in [-0.3, -0.25) is 4.98 Å². The Hall–Kier alpha value is -2.83. The van der Waals surface area contributed by atoms with E-state index in [2.05, 4.69) is 20.3 Å². The van der Waals surface area contributed by atoms with Gasteiger partial charge in [-0.15, -0.1) is 0 Å². The lowest BCUT2D eigenvalue weighted by Gasteiger charge is -2.09. The van der Waals surface area contributed by atoms with Crippen molar-refractivity contribution < 1.29 is 13.5 Å². The van der Waals surface area contributed by atoms with Crippen LogP contribution in [0.25, 0.3) is 11.2 Å². The molecule has 0 atom stereocenters. The molecule has 0 bridgehead atoms. The number of rotatable bonds is 5. The molecular weight excluding hydrogens is 290 g/mol. The Bertz CT molecular complexity index is 797. The molecule has 0 fully saturated rings. The fourth-order valence-corrected chi connectivity index (χ4v) is 1.89. The van der Waals surface area contributed by atoms with Crippen molar-refractivity contribution in [2.45, 2.75) is 0 Å². The highest BCUT2D eigenvalue weighted by Crippen LogP contribution is 2.17. The maximum absolute atomic E-state index is 13.4. The van der Waals surface area contributed by atoms with Crippen molar-refractivity contribution in [1.29, 1.82) is 0 Å². The van der Waals surface area contributed by atoms with Gasteiger partial charge in [0.25, 0.3) is 0 Å². The SMILES string of the molecule is Fc1ccc(OCCNc2ccc3nccnc3n2)c(F)c1. The lowest BCUT2D eigenvalue weighted by molar-refractivity contribution is 0.314. The van der Waals surface area contributed by atoms with Crippen LogP contribution >= 0.6 is 0 Å². The zero-order chi connectivity index (χ0) is 15.4. The Labute approximate surface area is 125 Å². The number of fused-ring (bicyclic) bond motifs is 1. The Kier molecular flexibility index (Phi) is 4.04. The summed E-state index contributed by atoms with van der Waals surface area (Å²) in [7, 11) is 0. The van der Waals surface area contributed by atoms with Crippen molar-refractivity contribution in [2.24, 2.45) is 0 Å². The van der Waals surface area contributed by atoms with Crippen molar-refractivity contribution in [3.8, 4) is 5.75 Å². The monoisotopic (exact) mass is 302 g/mol. The summed E-state index contributed by atoms with van der Waals surface area (Å²) in [5.74, 6) is -0.722. The number of pyridine rings is 1. The van der Waals surface area contributed by atoms with Crippen LogP contribution in [0.1, 0.15) is 0 Å². The maximum atomic E-state index is 13.4. The van der Waals surface area contributed by atoms with Gasteiger partial charge in [0.05, 0.1) is 6.54 Å². The standard InChI is InChI=1S/C15H12F2N4O/c16-10-1-3-13(11(17)9-10)22-8-7-19-14-4-2-12-15(21-14)20-6-5-18-12/h1-6,9H,7-8H2,(H,19,20,21). The molecule has 7 heteroatoms. The van der Waals surface area contributed by atoms with Gasteiger partial charge in [-0.05, 0) is 24.3 Å². The smallest absolute Gasteiger partial charge is 0.180 e. The lowest BCUT2D eigenvalue weighted by atomic mass is 10.3. The highest BCUT2D eigenvalue weighted by molar-refractivity contribution is 5.71. The third kappa shape index (κ3) is 3.25. The number of halogens is 2. The van der Waals surface area contributed by atoms with E-state index in [1.165, 1.54) is 6.07 Å². The molecule has 3 rings (SSSR count). The average Bonchev–Trinajstić information content (AvgIpc) is 2.53. The second-order valence-corrected chi connectivity index (χ2v) is 4.45. The molecule has 0 aliphatic carbocycles. The fraction of sp³-hybridized carbons (Fsp3) is 0.133. The Morgan fingerprint density at radius 2 is 1.91 bits per heavy atom. The van der Waals surface area contributed by atoms with Gasteiger partial charge in [0.2, 0.25) is 0 Å². The van der Waals surface area contributed by atoms with Crippen LogP contribution in [-0.4, -0.2) is 28.1 Å². The lowest BCUT2D eigenvalue weighted by Crippen LogP contribution is -2.13. The molecule has 22 heavy (non-hydrogen) atoms. The minimum Gasteiger partial charge on any atom is -0.489 e. The van der Waals surface area contributed by atoms with Crippen LogP contribution in [0.15, 0.2) is 42.7 Å². The van der Waals surface area contributed by atoms with Crippen LogP contribution in [-0.2, 0) is 0 Å². The molecule has 0 aliphatic rings. The van der Waals surface area contributed by atoms with E-state index in [0.717, 1.165) is 12.1 Å². The van der Waals surface area contributed by atoms with E-state index in [9.17, 15) is 8.78 Å². The van der Waals surface area contributed by atoms with Gasteiger partial charge in [-0.2, -0.15) is 0 Å². The summed E-state index contributed by atoms with van der Waals surface area (Å²) in [4.78, 5) is 12.5. The molecule has 1 N–H and O–H groups in total. The third-order valence-electron chi connectivity index (χ3n) is 2.89. The highest BCUT2D eigenvalue weighted by atomic mass is 19.1. The predicted octanol–water partition coefficient (Wildman–Crippen LogP) is 2.79. The zero-order valence-corrected chi connectivity index (χ0v) is 11.5. The molecule has 5 nitrogen and oxygen atoms in total. The molecule has 0 saturated heterocycles. The first-order valence-electron chi connectivity index (χ1n) is 6.62. The van der Waals surface area contributed by atoms with Crippen LogP contribution in [0.4, 0.5) is 14.6 Å². The molecule has 0 aliphatic heterocycles. The molecule has 3 aromatic rings. The predicted molar refractivity (Wildman–Crippen MR) is 77.7 cm³/mol. The van der Waals surface area contributed by atoms with Gasteiger partial charge in [0.15, 0.2) is 17.2 Å². The first-order valence-corrected chi connectivity index (χ1v) is 6.62. The number of nitrogens with one attached hydrogen (secondary N) is 1. The van der Waals surface area contributed by atoms with Crippen LogP contribution in [0.5, 0.6) is 5.75 Å². The Morgan fingerprint density at radius 1 is 1.05 bits per heavy atom. The van der Waals surface area contributed by atoms with Gasteiger partial charge in [-0.25, -0.2) is 18.7 Å². The van der Waals surface area contributed by atoms with E-state index in [1.807, 2.05) is 0 Å². The zero-order valence-electron chi connectivity index (χ0n) is 11.5. The maximum Gasteiger partial charge on any atom is 0.180 e.